The van der Waals surface area contributed by atoms with Crippen molar-refractivity contribution in [2.45, 2.75) is 19.4 Å². The zero-order valence-electron chi connectivity index (χ0n) is 12.2. The lowest BCUT2D eigenvalue weighted by Gasteiger charge is -2.12. The topological polar surface area (TPSA) is 61.3 Å². The van der Waals surface area contributed by atoms with Gasteiger partial charge in [0, 0.05) is 12.5 Å². The van der Waals surface area contributed by atoms with Gasteiger partial charge in [-0.2, -0.15) is 0 Å². The van der Waals surface area contributed by atoms with Crippen LogP contribution in [0.5, 0.6) is 5.75 Å². The molecule has 4 nitrogen and oxygen atoms in total. The van der Waals surface area contributed by atoms with Crippen LogP contribution in [-0.2, 0) is 6.42 Å². The van der Waals surface area contributed by atoms with Crippen molar-refractivity contribution in [2.75, 3.05) is 7.11 Å². The molecular weight excluding hydrogens is 264 g/mol. The smallest absolute Gasteiger partial charge is 0.197 e. The lowest BCUT2D eigenvalue weighted by Crippen LogP contribution is -2.13. The summed E-state index contributed by atoms with van der Waals surface area (Å²) in [6.07, 6.45) is 0.556. The fourth-order valence-electron chi connectivity index (χ4n) is 2.38. The van der Waals surface area contributed by atoms with Crippen molar-refractivity contribution < 1.29 is 9.15 Å². The number of ether oxygens (including phenoxy) is 1. The van der Waals surface area contributed by atoms with Gasteiger partial charge in [-0.15, -0.1) is 0 Å². The molecule has 0 aliphatic heterocycles. The van der Waals surface area contributed by atoms with Crippen LogP contribution in [-0.4, -0.2) is 12.1 Å². The Morgan fingerprint density at radius 2 is 2.05 bits per heavy atom. The van der Waals surface area contributed by atoms with Crippen molar-refractivity contribution >= 4 is 11.1 Å². The molecule has 0 saturated heterocycles. The number of nitrogens with zero attached hydrogens (tertiary/aromatic N) is 1. The number of nitrogens with two attached hydrogens (primary N) is 1. The number of rotatable bonds is 4. The average molecular weight is 282 g/mol. The predicted molar refractivity (Wildman–Crippen MR) is 82.4 cm³/mol. The summed E-state index contributed by atoms with van der Waals surface area (Å²) in [5, 5.41) is 0. The molecule has 0 radical (unpaired) electrons. The molecule has 4 heteroatoms. The van der Waals surface area contributed by atoms with E-state index in [4.69, 9.17) is 14.9 Å². The van der Waals surface area contributed by atoms with Crippen molar-refractivity contribution in [3.05, 3.63) is 59.5 Å². The number of methoxy groups -OCH3 is 1. The minimum atomic E-state index is -0.174. The Kier molecular flexibility index (Phi) is 3.62. The van der Waals surface area contributed by atoms with E-state index < -0.39 is 0 Å². The summed E-state index contributed by atoms with van der Waals surface area (Å²) >= 11 is 0. The second-order valence-corrected chi connectivity index (χ2v) is 5.12. The number of aromatic nitrogens is 1. The highest BCUT2D eigenvalue weighted by Gasteiger charge is 2.13. The Morgan fingerprint density at radius 1 is 1.24 bits per heavy atom. The van der Waals surface area contributed by atoms with Crippen LogP contribution in [0.2, 0.25) is 0 Å². The molecule has 0 aliphatic rings. The second kappa shape index (κ2) is 5.58. The van der Waals surface area contributed by atoms with E-state index in [9.17, 15) is 0 Å². The van der Waals surface area contributed by atoms with E-state index in [1.165, 1.54) is 0 Å². The van der Waals surface area contributed by atoms with Crippen molar-refractivity contribution in [3.63, 3.8) is 0 Å². The number of hydrogen-bond acceptors (Lipinski definition) is 4. The molecule has 0 aliphatic carbocycles. The van der Waals surface area contributed by atoms with Gasteiger partial charge in [-0.1, -0.05) is 24.3 Å². The molecule has 108 valence electrons. The first-order chi connectivity index (χ1) is 10.2. The van der Waals surface area contributed by atoms with E-state index in [1.54, 1.807) is 7.11 Å². The van der Waals surface area contributed by atoms with Crippen molar-refractivity contribution in [1.82, 2.24) is 4.98 Å². The number of aryl methyl sites for hydroxylation is 1. The second-order valence-electron chi connectivity index (χ2n) is 5.12. The first-order valence-electron chi connectivity index (χ1n) is 6.92. The maximum Gasteiger partial charge on any atom is 0.197 e. The van der Waals surface area contributed by atoms with Crippen LogP contribution in [0.3, 0.4) is 0 Å². The van der Waals surface area contributed by atoms with Gasteiger partial charge >= 0.3 is 0 Å². The van der Waals surface area contributed by atoms with E-state index in [0.29, 0.717) is 12.3 Å². The number of oxazole rings is 1. The van der Waals surface area contributed by atoms with Crippen molar-refractivity contribution in [3.8, 4) is 5.75 Å². The van der Waals surface area contributed by atoms with Crippen LogP contribution in [0.15, 0.2) is 46.9 Å². The molecule has 2 N–H and O–H groups in total. The highest BCUT2D eigenvalue weighted by Crippen LogP contribution is 2.25. The molecule has 0 amide bonds. The van der Waals surface area contributed by atoms with Gasteiger partial charge in [0.15, 0.2) is 11.5 Å². The Bertz CT molecular complexity index is 731. The molecule has 0 spiro atoms. The van der Waals surface area contributed by atoms with Crippen molar-refractivity contribution in [1.29, 1.82) is 0 Å². The third kappa shape index (κ3) is 2.76. The van der Waals surface area contributed by atoms with E-state index in [-0.39, 0.29) is 6.04 Å². The maximum absolute atomic E-state index is 6.27. The first-order valence-corrected chi connectivity index (χ1v) is 6.92. The van der Waals surface area contributed by atoms with Crippen LogP contribution >= 0.6 is 0 Å². The van der Waals surface area contributed by atoms with Crippen LogP contribution < -0.4 is 10.5 Å². The predicted octanol–water partition coefficient (Wildman–Crippen LogP) is 3.39. The largest absolute Gasteiger partial charge is 0.496 e. The summed E-state index contributed by atoms with van der Waals surface area (Å²) in [6, 6.07) is 13.6. The monoisotopic (exact) mass is 282 g/mol. The van der Waals surface area contributed by atoms with Gasteiger partial charge in [0.05, 0.1) is 7.11 Å². The van der Waals surface area contributed by atoms with Gasteiger partial charge in [-0.25, -0.2) is 4.98 Å². The molecule has 21 heavy (non-hydrogen) atoms. The molecule has 3 rings (SSSR count). The van der Waals surface area contributed by atoms with Crippen molar-refractivity contribution in [2.24, 2.45) is 5.73 Å². The highest BCUT2D eigenvalue weighted by molar-refractivity contribution is 5.72. The summed E-state index contributed by atoms with van der Waals surface area (Å²) < 4.78 is 11.1. The van der Waals surface area contributed by atoms with Gasteiger partial charge < -0.3 is 14.9 Å². The third-order valence-electron chi connectivity index (χ3n) is 3.59. The highest BCUT2D eigenvalue weighted by atomic mass is 16.5. The third-order valence-corrected chi connectivity index (χ3v) is 3.59. The number of para-hydroxylation sites is 2. The fraction of sp³-hybridized carbons (Fsp3) is 0.235. The molecule has 1 atom stereocenters. The lowest BCUT2D eigenvalue weighted by atomic mass is 10.0. The maximum atomic E-state index is 6.27. The average Bonchev–Trinajstić information content (AvgIpc) is 2.89. The standard InChI is InChI=1S/C17H18N2O2/c1-11-7-8-12(9-16(11)20-2)13(18)10-17-19-14-5-3-4-6-15(14)21-17/h3-9,13H,10,18H2,1-2H3. The summed E-state index contributed by atoms with van der Waals surface area (Å²) in [7, 11) is 1.67. The molecule has 0 saturated carbocycles. The number of hydrogen-bond donors (Lipinski definition) is 1. The molecule has 0 fully saturated rings. The minimum absolute atomic E-state index is 0.174. The van der Waals surface area contributed by atoms with Gasteiger partial charge in [0.2, 0.25) is 0 Å². The van der Waals surface area contributed by atoms with Gasteiger partial charge in [0.1, 0.15) is 11.3 Å². The van der Waals surface area contributed by atoms with E-state index in [0.717, 1.165) is 28.0 Å². The normalized spacial score (nSPS) is 12.5. The van der Waals surface area contributed by atoms with Crippen LogP contribution in [0.4, 0.5) is 0 Å². The Hall–Kier alpha value is -2.33. The Balaban J connectivity index is 1.83. The fourth-order valence-corrected chi connectivity index (χ4v) is 2.38. The molecular formula is C17H18N2O2. The van der Waals surface area contributed by atoms with Gasteiger partial charge in [-0.3, -0.25) is 0 Å². The van der Waals surface area contributed by atoms with Crippen LogP contribution in [0.25, 0.3) is 11.1 Å². The van der Waals surface area contributed by atoms with E-state index in [1.807, 2.05) is 49.4 Å². The van der Waals surface area contributed by atoms with Gasteiger partial charge in [0.25, 0.3) is 0 Å². The number of benzene rings is 2. The van der Waals surface area contributed by atoms with E-state index >= 15 is 0 Å². The zero-order chi connectivity index (χ0) is 14.8. The Labute approximate surface area is 123 Å². The number of fused-ring (bicyclic) bond motifs is 1. The van der Waals surface area contributed by atoms with Gasteiger partial charge in [-0.05, 0) is 36.2 Å². The molecule has 1 aromatic heterocycles. The summed E-state index contributed by atoms with van der Waals surface area (Å²) in [6.45, 7) is 2.01. The summed E-state index contributed by atoms with van der Waals surface area (Å²) in [5.41, 5.74) is 10.0. The Morgan fingerprint density at radius 3 is 2.81 bits per heavy atom. The van der Waals surface area contributed by atoms with Crippen LogP contribution in [0, 0.1) is 6.92 Å². The SMILES string of the molecule is COc1cc(C(N)Cc2nc3ccccc3o2)ccc1C. The van der Waals surface area contributed by atoms with Crippen LogP contribution in [0.1, 0.15) is 23.1 Å². The van der Waals surface area contributed by atoms with E-state index in [2.05, 4.69) is 4.98 Å². The first kappa shape index (κ1) is 13.6. The minimum Gasteiger partial charge on any atom is -0.496 e. The molecule has 2 aromatic carbocycles. The lowest BCUT2D eigenvalue weighted by molar-refractivity contribution is 0.410. The molecule has 1 heterocycles. The summed E-state index contributed by atoms with van der Waals surface area (Å²) in [5.74, 6) is 1.50. The molecule has 0 bridgehead atoms. The molecule has 1 unspecified atom stereocenters. The summed E-state index contributed by atoms with van der Waals surface area (Å²) in [4.78, 5) is 4.46. The quantitative estimate of drug-likeness (QED) is 0.796. The zero-order valence-corrected chi connectivity index (χ0v) is 12.2. The molecule has 3 aromatic rings.